The highest BCUT2D eigenvalue weighted by molar-refractivity contribution is 7.17. The van der Waals surface area contributed by atoms with E-state index in [1.165, 1.54) is 0 Å². The summed E-state index contributed by atoms with van der Waals surface area (Å²) < 4.78 is 0. The highest BCUT2D eigenvalue weighted by atomic mass is 32.1. The SMILES string of the molecule is O=C(O)c1ccc(N(c2ccc(-c3ccc(/C(=C4\C=CC(c5ccccc5)=N4)c4ccc(-c5ccccc5)[nH]4)s3)cc2)c2ccc(-c3ccc(/C(=C4\C=CC(c5ccccc5)=N4)c4ccc(-c5ccccc5)[nH]4)s3)cc2)cc1. The zero-order valence-corrected chi connectivity index (χ0v) is 43.6. The topological polar surface area (TPSA) is 96.8 Å². The van der Waals surface area contributed by atoms with E-state index < -0.39 is 5.97 Å². The minimum absolute atomic E-state index is 0.228. The van der Waals surface area contributed by atoms with Gasteiger partial charge < -0.3 is 20.0 Å². The molecule has 0 spiro atoms. The van der Waals surface area contributed by atoms with E-state index in [1.807, 2.05) is 60.7 Å². The predicted octanol–water partition coefficient (Wildman–Crippen LogP) is 17.9. The van der Waals surface area contributed by atoms with Gasteiger partial charge in [-0.15, -0.1) is 22.7 Å². The maximum Gasteiger partial charge on any atom is 0.335 e. The quantitative estimate of drug-likeness (QED) is 0.101. The van der Waals surface area contributed by atoms with E-state index in [2.05, 4.69) is 209 Å². The summed E-state index contributed by atoms with van der Waals surface area (Å²) in [5, 5.41) is 9.83. The van der Waals surface area contributed by atoms with Crippen LogP contribution in [-0.2, 0) is 0 Å². The number of aromatic nitrogens is 2. The number of nitrogens with zero attached hydrogens (tertiary/aromatic N) is 3. The van der Waals surface area contributed by atoms with Gasteiger partial charge in [-0.1, -0.05) is 146 Å². The molecule has 0 unspecified atom stereocenters. The number of rotatable bonds is 14. The van der Waals surface area contributed by atoms with Crippen LogP contribution in [-0.4, -0.2) is 32.5 Å². The van der Waals surface area contributed by atoms with Gasteiger partial charge in [-0.25, -0.2) is 14.8 Å². The van der Waals surface area contributed by atoms with Crippen molar-refractivity contribution in [1.82, 2.24) is 9.97 Å². The lowest BCUT2D eigenvalue weighted by Gasteiger charge is -2.26. The molecule has 4 aromatic heterocycles. The minimum Gasteiger partial charge on any atom is -0.478 e. The largest absolute Gasteiger partial charge is 0.478 e. The van der Waals surface area contributed by atoms with E-state index in [9.17, 15) is 9.90 Å². The zero-order valence-electron chi connectivity index (χ0n) is 41.9. The van der Waals surface area contributed by atoms with Crippen LogP contribution in [0.5, 0.6) is 0 Å². The third kappa shape index (κ3) is 9.67. The first-order valence-corrected chi connectivity index (χ1v) is 27.3. The fourth-order valence-electron chi connectivity index (χ4n) is 9.99. The molecule has 0 aliphatic carbocycles. The number of carboxylic acids is 1. The van der Waals surface area contributed by atoms with Crippen molar-refractivity contribution in [3.63, 3.8) is 0 Å². The molecule has 13 rings (SSSR count). The summed E-state index contributed by atoms with van der Waals surface area (Å²) in [7, 11) is 0. The third-order valence-corrected chi connectivity index (χ3v) is 16.2. The number of aliphatic imine (C=N–C) groups is 2. The summed E-state index contributed by atoms with van der Waals surface area (Å²) >= 11 is 3.47. The molecule has 11 aromatic rings. The van der Waals surface area contributed by atoms with E-state index in [1.54, 1.807) is 34.8 Å². The molecule has 6 heterocycles. The first kappa shape index (κ1) is 47.8. The number of thiophene rings is 2. The molecule has 0 amide bonds. The summed E-state index contributed by atoms with van der Waals surface area (Å²) in [6.45, 7) is 0. The highest BCUT2D eigenvalue weighted by Crippen LogP contribution is 2.43. The van der Waals surface area contributed by atoms with Crippen LogP contribution < -0.4 is 4.90 Å². The smallest absolute Gasteiger partial charge is 0.335 e. The number of carboxylic acid groups (broad SMARTS) is 1. The van der Waals surface area contributed by atoms with E-state index in [4.69, 9.17) is 9.98 Å². The van der Waals surface area contributed by atoms with Crippen LogP contribution in [0.4, 0.5) is 17.1 Å². The second-order valence-electron chi connectivity index (χ2n) is 18.8. The molecule has 9 heteroatoms. The average Bonchev–Trinajstić information content (AvgIpc) is 4.41. The average molecular weight is 1040 g/mol. The Hall–Kier alpha value is -9.93. The molecule has 372 valence electrons. The van der Waals surface area contributed by atoms with Gasteiger partial charge in [-0.2, -0.15) is 0 Å². The fourth-order valence-corrected chi connectivity index (χ4v) is 12.2. The van der Waals surface area contributed by atoms with Gasteiger partial charge in [0.25, 0.3) is 0 Å². The van der Waals surface area contributed by atoms with E-state index >= 15 is 0 Å². The van der Waals surface area contributed by atoms with Gasteiger partial charge in [0.2, 0.25) is 0 Å². The zero-order chi connectivity index (χ0) is 52.4. The van der Waals surface area contributed by atoms with E-state index in [-0.39, 0.29) is 5.56 Å². The molecule has 7 nitrogen and oxygen atoms in total. The monoisotopic (exact) mass is 1040 g/mol. The Morgan fingerprint density at radius 1 is 0.372 bits per heavy atom. The number of allylic oxidation sites excluding steroid dienone is 4. The van der Waals surface area contributed by atoms with Crippen molar-refractivity contribution in [3.05, 3.63) is 316 Å². The van der Waals surface area contributed by atoms with Crippen molar-refractivity contribution in [2.45, 2.75) is 0 Å². The Labute approximate surface area is 459 Å². The third-order valence-electron chi connectivity index (χ3n) is 13.9. The van der Waals surface area contributed by atoms with Crippen LogP contribution in [0.1, 0.15) is 42.6 Å². The van der Waals surface area contributed by atoms with Crippen molar-refractivity contribution >= 4 is 68.3 Å². The maximum atomic E-state index is 12.0. The molecule has 7 aromatic carbocycles. The summed E-state index contributed by atoms with van der Waals surface area (Å²) in [6.07, 6.45) is 8.42. The number of nitrogens with one attached hydrogen (secondary N) is 2. The lowest BCUT2D eigenvalue weighted by atomic mass is 10.1. The Balaban J connectivity index is 0.817. The van der Waals surface area contributed by atoms with Crippen LogP contribution >= 0.6 is 22.7 Å². The molecule has 0 saturated carbocycles. The number of carbonyl (C=O) groups is 1. The molecule has 78 heavy (non-hydrogen) atoms. The molecular weight excluding hydrogens is 995 g/mol. The van der Waals surface area contributed by atoms with Crippen molar-refractivity contribution in [2.75, 3.05) is 4.90 Å². The lowest BCUT2D eigenvalue weighted by molar-refractivity contribution is 0.0697. The number of H-pyrrole nitrogens is 2. The second kappa shape index (κ2) is 21.0. The second-order valence-corrected chi connectivity index (χ2v) is 21.0. The molecule has 2 aliphatic rings. The molecular formula is C69H47N5O2S2. The van der Waals surface area contributed by atoms with Crippen LogP contribution in [0.25, 0.3) is 54.5 Å². The van der Waals surface area contributed by atoms with Gasteiger partial charge >= 0.3 is 5.97 Å². The van der Waals surface area contributed by atoms with Crippen molar-refractivity contribution < 1.29 is 9.90 Å². The Bertz CT molecular complexity index is 3930. The number of hydrogen-bond donors (Lipinski definition) is 3. The first-order valence-electron chi connectivity index (χ1n) is 25.6. The normalized spacial score (nSPS) is 14.1. The minimum atomic E-state index is -0.967. The summed E-state index contributed by atoms with van der Waals surface area (Å²) in [4.78, 5) is 36.4. The number of benzene rings is 7. The van der Waals surface area contributed by atoms with Gasteiger partial charge in [0.15, 0.2) is 0 Å². The molecule has 0 radical (unpaired) electrons. The van der Waals surface area contributed by atoms with Gasteiger partial charge in [0.05, 0.1) is 28.4 Å². The maximum absolute atomic E-state index is 12.0. The highest BCUT2D eigenvalue weighted by Gasteiger charge is 2.22. The molecule has 0 bridgehead atoms. The molecule has 0 saturated heterocycles. The lowest BCUT2D eigenvalue weighted by Crippen LogP contribution is -2.10. The summed E-state index contributed by atoms with van der Waals surface area (Å²) in [5.74, 6) is -0.967. The number of aromatic carboxylic acids is 1. The van der Waals surface area contributed by atoms with Gasteiger partial charge in [0.1, 0.15) is 0 Å². The Kier molecular flexibility index (Phi) is 12.9. The summed E-state index contributed by atoms with van der Waals surface area (Å²) in [5.41, 5.74) is 19.3. The van der Waals surface area contributed by atoms with Gasteiger partial charge in [0, 0.05) is 81.6 Å². The van der Waals surface area contributed by atoms with Crippen LogP contribution in [0.15, 0.2) is 288 Å². The molecule has 0 atom stereocenters. The van der Waals surface area contributed by atoms with Gasteiger partial charge in [-0.05, 0) is 144 Å². The standard InChI is InChI=1S/C69H47N5O2S2/c75-69(76)51-25-31-54(32-26-51)74(52-27-21-49(22-28-52)63-41-43-65(77-63)67(59-37-33-55(70-59)45-13-5-1-6-14-45)60-38-34-56(71-60)46-15-7-2-8-16-46)53-29-23-50(24-30-53)64-42-44-66(78-64)68(61-39-35-57(72-61)47-17-9-3-10-18-47)62-40-36-58(73-62)48-19-11-4-12-20-48/h1-44,70,72H,(H,75,76)/b67-60+,68-62+. The fraction of sp³-hybridized carbons (Fsp3) is 0. The summed E-state index contributed by atoms with van der Waals surface area (Å²) in [6, 6.07) is 82.9. The van der Waals surface area contributed by atoms with Crippen LogP contribution in [0, 0.1) is 0 Å². The van der Waals surface area contributed by atoms with Crippen molar-refractivity contribution in [2.24, 2.45) is 9.98 Å². The Morgan fingerprint density at radius 2 is 0.744 bits per heavy atom. The Morgan fingerprint density at radius 3 is 1.13 bits per heavy atom. The van der Waals surface area contributed by atoms with Crippen molar-refractivity contribution in [1.29, 1.82) is 0 Å². The van der Waals surface area contributed by atoms with Crippen molar-refractivity contribution in [3.8, 4) is 43.4 Å². The van der Waals surface area contributed by atoms with Gasteiger partial charge in [-0.3, -0.25) is 0 Å². The van der Waals surface area contributed by atoms with E-state index in [0.717, 1.165) is 127 Å². The number of aromatic amines is 2. The molecule has 0 fully saturated rings. The number of anilines is 3. The first-order chi connectivity index (χ1) is 38.5. The van der Waals surface area contributed by atoms with E-state index in [0.29, 0.717) is 0 Å². The molecule has 3 N–H and O–H groups in total. The van der Waals surface area contributed by atoms with Crippen LogP contribution in [0.3, 0.4) is 0 Å². The predicted molar refractivity (Wildman–Crippen MR) is 323 cm³/mol. The number of hydrogen-bond acceptors (Lipinski definition) is 6. The van der Waals surface area contributed by atoms with Crippen LogP contribution in [0.2, 0.25) is 0 Å². The molecule has 2 aliphatic heterocycles.